The molecule has 114 valence electrons. The number of rotatable bonds is 3. The molecule has 1 fully saturated rings. The number of hydrogen-bond acceptors (Lipinski definition) is 2. The Morgan fingerprint density at radius 1 is 1.20 bits per heavy atom. The van der Waals surface area contributed by atoms with Crippen molar-refractivity contribution in [2.75, 3.05) is 5.73 Å². The van der Waals surface area contributed by atoms with Gasteiger partial charge in [0, 0.05) is 11.5 Å². The summed E-state index contributed by atoms with van der Waals surface area (Å²) < 4.78 is 2.25. The number of aromatic nitrogens is 2. The van der Waals surface area contributed by atoms with Crippen LogP contribution in [0.25, 0.3) is 0 Å². The Morgan fingerprint density at radius 2 is 1.80 bits per heavy atom. The predicted molar refractivity (Wildman–Crippen MR) is 86.0 cm³/mol. The van der Waals surface area contributed by atoms with Crippen LogP contribution in [-0.4, -0.2) is 9.55 Å². The van der Waals surface area contributed by atoms with Crippen molar-refractivity contribution in [2.24, 2.45) is 5.92 Å². The van der Waals surface area contributed by atoms with Crippen LogP contribution in [0.3, 0.4) is 0 Å². The molecule has 0 amide bonds. The van der Waals surface area contributed by atoms with Crippen LogP contribution < -0.4 is 5.73 Å². The van der Waals surface area contributed by atoms with Gasteiger partial charge in [-0.3, -0.25) is 0 Å². The molecule has 2 rings (SSSR count). The molecule has 1 aliphatic rings. The van der Waals surface area contributed by atoms with Crippen molar-refractivity contribution in [2.45, 2.75) is 84.6 Å². The highest BCUT2D eigenvalue weighted by Crippen LogP contribution is 2.33. The molecule has 0 aromatic carbocycles. The topological polar surface area (TPSA) is 43.8 Å². The van der Waals surface area contributed by atoms with E-state index in [-0.39, 0.29) is 5.54 Å². The third-order valence-corrected chi connectivity index (χ3v) is 4.41. The summed E-state index contributed by atoms with van der Waals surface area (Å²) in [5, 5.41) is 0. The largest absolute Gasteiger partial charge is 0.384 e. The third kappa shape index (κ3) is 3.18. The van der Waals surface area contributed by atoms with E-state index < -0.39 is 0 Å². The Bertz CT molecular complexity index is 446. The maximum absolute atomic E-state index is 6.45. The van der Waals surface area contributed by atoms with Crippen LogP contribution in [0.15, 0.2) is 0 Å². The molecule has 3 heteroatoms. The monoisotopic (exact) mass is 277 g/mol. The molecular formula is C17H31N3. The molecule has 0 aliphatic heterocycles. The van der Waals surface area contributed by atoms with Gasteiger partial charge in [0.05, 0.1) is 5.69 Å². The lowest BCUT2D eigenvalue weighted by molar-refractivity contribution is 0.354. The molecule has 0 saturated heterocycles. The van der Waals surface area contributed by atoms with Gasteiger partial charge < -0.3 is 10.3 Å². The minimum atomic E-state index is 0.00149. The van der Waals surface area contributed by atoms with E-state index in [1.54, 1.807) is 0 Å². The van der Waals surface area contributed by atoms with E-state index in [1.807, 2.05) is 0 Å². The molecular weight excluding hydrogens is 246 g/mol. The van der Waals surface area contributed by atoms with Gasteiger partial charge in [-0.2, -0.15) is 0 Å². The number of anilines is 1. The van der Waals surface area contributed by atoms with Crippen molar-refractivity contribution < 1.29 is 0 Å². The second kappa shape index (κ2) is 5.79. The summed E-state index contributed by atoms with van der Waals surface area (Å²) in [6, 6.07) is 0. The van der Waals surface area contributed by atoms with E-state index in [0.717, 1.165) is 29.7 Å². The summed E-state index contributed by atoms with van der Waals surface area (Å²) in [7, 11) is 0. The van der Waals surface area contributed by atoms with E-state index in [4.69, 9.17) is 10.7 Å². The molecule has 0 bridgehead atoms. The molecule has 20 heavy (non-hydrogen) atoms. The quantitative estimate of drug-likeness (QED) is 0.886. The minimum Gasteiger partial charge on any atom is -0.384 e. The van der Waals surface area contributed by atoms with Gasteiger partial charge in [0.2, 0.25) is 0 Å². The Hall–Kier alpha value is -0.990. The molecule has 1 aliphatic carbocycles. The van der Waals surface area contributed by atoms with Crippen LogP contribution in [0.1, 0.15) is 84.2 Å². The zero-order valence-corrected chi connectivity index (χ0v) is 13.9. The first-order chi connectivity index (χ1) is 9.30. The molecule has 0 atom stereocenters. The van der Waals surface area contributed by atoms with Crippen molar-refractivity contribution >= 4 is 5.82 Å². The molecule has 0 unspecified atom stereocenters. The highest BCUT2D eigenvalue weighted by molar-refractivity contribution is 5.40. The first kappa shape index (κ1) is 15.4. The Kier molecular flexibility index (Phi) is 4.46. The molecule has 1 aromatic heterocycles. The van der Waals surface area contributed by atoms with Crippen LogP contribution in [0.4, 0.5) is 5.82 Å². The summed E-state index contributed by atoms with van der Waals surface area (Å²) in [5.74, 6) is 3.23. The van der Waals surface area contributed by atoms with Crippen LogP contribution in [0.5, 0.6) is 0 Å². The lowest BCUT2D eigenvalue weighted by atomic mass is 9.86. The standard InChI is InChI=1S/C17H31N3/c1-12(2)16-19-14(11-13-9-7-6-8-10-13)15(18)20(16)17(3,4)5/h12-13H,6-11,18H2,1-5H3. The zero-order chi connectivity index (χ0) is 14.9. The average Bonchev–Trinajstić information content (AvgIpc) is 2.68. The van der Waals surface area contributed by atoms with Gasteiger partial charge in [-0.05, 0) is 33.1 Å². The number of nitrogens with zero attached hydrogens (tertiary/aromatic N) is 2. The van der Waals surface area contributed by atoms with E-state index in [9.17, 15) is 0 Å². The number of hydrogen-bond donors (Lipinski definition) is 1. The minimum absolute atomic E-state index is 0.00149. The summed E-state index contributed by atoms with van der Waals surface area (Å²) in [5.41, 5.74) is 7.58. The van der Waals surface area contributed by atoms with Crippen LogP contribution in [0.2, 0.25) is 0 Å². The van der Waals surface area contributed by atoms with Gasteiger partial charge in [-0.1, -0.05) is 46.0 Å². The van der Waals surface area contributed by atoms with Crippen LogP contribution >= 0.6 is 0 Å². The maximum atomic E-state index is 6.45. The van der Waals surface area contributed by atoms with Crippen molar-refractivity contribution in [3.05, 3.63) is 11.5 Å². The summed E-state index contributed by atoms with van der Waals surface area (Å²) >= 11 is 0. The van der Waals surface area contributed by atoms with Crippen molar-refractivity contribution in [3.8, 4) is 0 Å². The molecule has 3 nitrogen and oxygen atoms in total. The SMILES string of the molecule is CC(C)c1nc(CC2CCCCC2)c(N)n1C(C)(C)C. The predicted octanol–water partition coefficient (Wildman–Crippen LogP) is 4.47. The number of nitrogen functional groups attached to an aromatic ring is 1. The van der Waals surface area contributed by atoms with Gasteiger partial charge in [-0.25, -0.2) is 4.98 Å². The number of imidazole rings is 1. The second-order valence-electron chi connectivity index (χ2n) is 7.67. The second-order valence-corrected chi connectivity index (χ2v) is 7.67. The summed E-state index contributed by atoms with van der Waals surface area (Å²) in [4.78, 5) is 4.91. The lowest BCUT2D eigenvalue weighted by Gasteiger charge is -2.26. The van der Waals surface area contributed by atoms with Gasteiger partial charge >= 0.3 is 0 Å². The van der Waals surface area contributed by atoms with Crippen LogP contribution in [-0.2, 0) is 12.0 Å². The van der Waals surface area contributed by atoms with E-state index >= 15 is 0 Å². The molecule has 1 saturated carbocycles. The maximum Gasteiger partial charge on any atom is 0.127 e. The summed E-state index contributed by atoms with van der Waals surface area (Å²) in [6.45, 7) is 11.0. The molecule has 0 spiro atoms. The van der Waals surface area contributed by atoms with Crippen LogP contribution in [0, 0.1) is 5.92 Å². The first-order valence-electron chi connectivity index (χ1n) is 8.18. The van der Waals surface area contributed by atoms with Crippen molar-refractivity contribution in [1.82, 2.24) is 9.55 Å². The first-order valence-corrected chi connectivity index (χ1v) is 8.18. The average molecular weight is 277 g/mol. The van der Waals surface area contributed by atoms with Gasteiger partial charge in [-0.15, -0.1) is 0 Å². The van der Waals surface area contributed by atoms with Crippen molar-refractivity contribution in [1.29, 1.82) is 0 Å². The normalized spacial score (nSPS) is 17.9. The van der Waals surface area contributed by atoms with Gasteiger partial charge in [0.15, 0.2) is 0 Å². The molecule has 0 radical (unpaired) electrons. The Morgan fingerprint density at radius 3 is 2.25 bits per heavy atom. The van der Waals surface area contributed by atoms with E-state index in [0.29, 0.717) is 5.92 Å². The highest BCUT2D eigenvalue weighted by atomic mass is 15.2. The Labute approximate surface area is 124 Å². The summed E-state index contributed by atoms with van der Waals surface area (Å²) in [6.07, 6.45) is 7.91. The lowest BCUT2D eigenvalue weighted by Crippen LogP contribution is -2.26. The van der Waals surface area contributed by atoms with Gasteiger partial charge in [0.25, 0.3) is 0 Å². The Balaban J connectivity index is 2.29. The fraction of sp³-hybridized carbons (Fsp3) is 0.824. The zero-order valence-electron chi connectivity index (χ0n) is 13.9. The van der Waals surface area contributed by atoms with Crippen molar-refractivity contribution in [3.63, 3.8) is 0 Å². The fourth-order valence-electron chi connectivity index (χ4n) is 3.41. The third-order valence-electron chi connectivity index (χ3n) is 4.41. The fourth-order valence-corrected chi connectivity index (χ4v) is 3.41. The van der Waals surface area contributed by atoms with E-state index in [2.05, 4.69) is 39.2 Å². The smallest absolute Gasteiger partial charge is 0.127 e. The van der Waals surface area contributed by atoms with Gasteiger partial charge in [0.1, 0.15) is 11.6 Å². The molecule has 2 N–H and O–H groups in total. The highest BCUT2D eigenvalue weighted by Gasteiger charge is 2.26. The number of nitrogens with two attached hydrogens (primary N) is 1. The molecule has 1 heterocycles. The van der Waals surface area contributed by atoms with E-state index in [1.165, 1.54) is 32.1 Å². The molecule has 1 aromatic rings.